The van der Waals surface area contributed by atoms with E-state index in [-0.39, 0.29) is 6.10 Å². The molecule has 0 bridgehead atoms. The van der Waals surface area contributed by atoms with E-state index in [1.54, 1.807) is 12.1 Å². The van der Waals surface area contributed by atoms with Gasteiger partial charge >= 0.3 is 5.97 Å². The van der Waals surface area contributed by atoms with Gasteiger partial charge in [0.25, 0.3) is 0 Å². The minimum absolute atomic E-state index is 0.181. The molecule has 106 valence electrons. The molecule has 0 spiro atoms. The fourth-order valence-electron chi connectivity index (χ4n) is 1.78. The van der Waals surface area contributed by atoms with Crippen molar-refractivity contribution in [2.75, 3.05) is 19.6 Å². The summed E-state index contributed by atoms with van der Waals surface area (Å²) in [5.41, 5.74) is 0.345. The molecular weight excluding hydrogens is 285 g/mol. The van der Waals surface area contributed by atoms with Gasteiger partial charge in [-0.2, -0.15) is 0 Å². The van der Waals surface area contributed by atoms with Crippen LogP contribution in [0.4, 0.5) is 0 Å². The second-order valence-electron chi connectivity index (χ2n) is 4.33. The molecule has 1 rings (SSSR count). The Hall–Kier alpha value is -0.770. The number of rotatable bonds is 6. The molecule has 0 unspecified atom stereocenters. The van der Waals surface area contributed by atoms with Crippen molar-refractivity contribution in [3.05, 3.63) is 33.8 Å². The number of benzene rings is 1. The number of halogens is 2. The van der Waals surface area contributed by atoms with E-state index >= 15 is 0 Å². The zero-order valence-electron chi connectivity index (χ0n) is 11.5. The lowest BCUT2D eigenvalue weighted by Gasteiger charge is -2.22. The van der Waals surface area contributed by atoms with Crippen LogP contribution in [0.25, 0.3) is 0 Å². The second kappa shape index (κ2) is 7.73. The number of carbonyl (C=O) groups excluding carboxylic acids is 1. The van der Waals surface area contributed by atoms with Gasteiger partial charge in [0.05, 0.1) is 10.6 Å². The first-order valence-electron chi connectivity index (χ1n) is 6.36. The monoisotopic (exact) mass is 303 g/mol. The van der Waals surface area contributed by atoms with Gasteiger partial charge in [-0.15, -0.1) is 0 Å². The van der Waals surface area contributed by atoms with Gasteiger partial charge < -0.3 is 9.64 Å². The Morgan fingerprint density at radius 2 is 1.95 bits per heavy atom. The highest BCUT2D eigenvalue weighted by Crippen LogP contribution is 2.22. The Kier molecular flexibility index (Phi) is 6.63. The van der Waals surface area contributed by atoms with Crippen LogP contribution in [0.2, 0.25) is 10.0 Å². The van der Waals surface area contributed by atoms with Crippen LogP contribution in [-0.2, 0) is 4.74 Å². The molecule has 1 aromatic carbocycles. The van der Waals surface area contributed by atoms with Gasteiger partial charge in [-0.1, -0.05) is 37.0 Å². The van der Waals surface area contributed by atoms with Crippen molar-refractivity contribution >= 4 is 29.2 Å². The van der Waals surface area contributed by atoms with E-state index in [4.69, 9.17) is 27.9 Å². The SMILES string of the molecule is CCN(CC)C[C@H](C)OC(=O)c1ccc(Cl)cc1Cl. The summed E-state index contributed by atoms with van der Waals surface area (Å²) in [4.78, 5) is 14.2. The number of ether oxygens (including phenoxy) is 1. The van der Waals surface area contributed by atoms with Crippen molar-refractivity contribution in [1.29, 1.82) is 0 Å². The zero-order valence-corrected chi connectivity index (χ0v) is 13.0. The molecule has 0 saturated heterocycles. The first kappa shape index (κ1) is 16.3. The summed E-state index contributed by atoms with van der Waals surface area (Å²) < 4.78 is 5.38. The Labute approximate surface area is 124 Å². The van der Waals surface area contributed by atoms with Gasteiger partial charge in [-0.25, -0.2) is 4.79 Å². The topological polar surface area (TPSA) is 29.5 Å². The smallest absolute Gasteiger partial charge is 0.339 e. The van der Waals surface area contributed by atoms with E-state index in [0.29, 0.717) is 22.2 Å². The van der Waals surface area contributed by atoms with Crippen molar-refractivity contribution < 1.29 is 9.53 Å². The Morgan fingerprint density at radius 1 is 1.32 bits per heavy atom. The molecule has 0 aliphatic heterocycles. The van der Waals surface area contributed by atoms with Crippen LogP contribution in [0.3, 0.4) is 0 Å². The number of nitrogens with zero attached hydrogens (tertiary/aromatic N) is 1. The summed E-state index contributed by atoms with van der Waals surface area (Å²) in [7, 11) is 0. The van der Waals surface area contributed by atoms with E-state index in [9.17, 15) is 4.79 Å². The van der Waals surface area contributed by atoms with Crippen LogP contribution in [0.15, 0.2) is 18.2 Å². The molecule has 0 amide bonds. The molecule has 0 heterocycles. The van der Waals surface area contributed by atoms with Crippen LogP contribution in [0.5, 0.6) is 0 Å². The van der Waals surface area contributed by atoms with E-state index in [2.05, 4.69) is 18.7 Å². The van der Waals surface area contributed by atoms with Gasteiger partial charge in [0, 0.05) is 11.6 Å². The van der Waals surface area contributed by atoms with Gasteiger partial charge in [-0.05, 0) is 38.2 Å². The predicted molar refractivity (Wildman–Crippen MR) is 79.1 cm³/mol. The summed E-state index contributed by atoms with van der Waals surface area (Å²) in [6.07, 6.45) is -0.181. The van der Waals surface area contributed by atoms with Crippen molar-refractivity contribution in [1.82, 2.24) is 4.90 Å². The average molecular weight is 304 g/mol. The third-order valence-electron chi connectivity index (χ3n) is 2.87. The molecule has 0 saturated carbocycles. The summed E-state index contributed by atoms with van der Waals surface area (Å²) in [6, 6.07) is 4.74. The van der Waals surface area contributed by atoms with E-state index < -0.39 is 5.97 Å². The second-order valence-corrected chi connectivity index (χ2v) is 5.17. The number of hydrogen-bond acceptors (Lipinski definition) is 3. The fraction of sp³-hybridized carbons (Fsp3) is 0.500. The molecule has 5 heteroatoms. The number of carbonyl (C=O) groups is 1. The average Bonchev–Trinajstić information content (AvgIpc) is 2.35. The first-order valence-corrected chi connectivity index (χ1v) is 7.11. The van der Waals surface area contributed by atoms with E-state index in [1.165, 1.54) is 6.07 Å². The van der Waals surface area contributed by atoms with Crippen molar-refractivity contribution in [3.63, 3.8) is 0 Å². The Bertz CT molecular complexity index is 433. The molecule has 0 aliphatic rings. The standard InChI is InChI=1S/C14H19Cl2NO2/c1-4-17(5-2)9-10(3)19-14(18)12-7-6-11(15)8-13(12)16/h6-8,10H,4-5,9H2,1-3H3/t10-/m0/s1. The highest BCUT2D eigenvalue weighted by atomic mass is 35.5. The predicted octanol–water partition coefficient (Wildman–Crippen LogP) is 3.88. The Morgan fingerprint density at radius 3 is 2.47 bits per heavy atom. The van der Waals surface area contributed by atoms with Crippen LogP contribution >= 0.6 is 23.2 Å². The van der Waals surface area contributed by atoms with Gasteiger partial charge in [0.2, 0.25) is 0 Å². The van der Waals surface area contributed by atoms with Crippen molar-refractivity contribution in [2.24, 2.45) is 0 Å². The summed E-state index contributed by atoms with van der Waals surface area (Å²) in [5.74, 6) is -0.415. The van der Waals surface area contributed by atoms with Crippen molar-refractivity contribution in [3.8, 4) is 0 Å². The molecule has 0 aliphatic carbocycles. The molecule has 19 heavy (non-hydrogen) atoms. The molecule has 0 fully saturated rings. The summed E-state index contributed by atoms with van der Waals surface area (Å²) in [6.45, 7) is 8.60. The first-order chi connectivity index (χ1) is 8.97. The minimum Gasteiger partial charge on any atom is -0.458 e. The fourth-order valence-corrected chi connectivity index (χ4v) is 2.27. The van der Waals surface area contributed by atoms with E-state index in [1.807, 2.05) is 6.92 Å². The third kappa shape index (κ3) is 5.01. The van der Waals surface area contributed by atoms with Crippen LogP contribution < -0.4 is 0 Å². The van der Waals surface area contributed by atoms with Crippen molar-refractivity contribution in [2.45, 2.75) is 26.9 Å². The molecule has 1 atom stereocenters. The lowest BCUT2D eigenvalue weighted by molar-refractivity contribution is 0.0261. The maximum absolute atomic E-state index is 12.0. The quantitative estimate of drug-likeness (QED) is 0.747. The molecule has 0 aromatic heterocycles. The largest absolute Gasteiger partial charge is 0.458 e. The van der Waals surface area contributed by atoms with Gasteiger partial charge in [0.15, 0.2) is 0 Å². The maximum atomic E-state index is 12.0. The summed E-state index contributed by atoms with van der Waals surface area (Å²) >= 11 is 11.8. The number of esters is 1. The lowest BCUT2D eigenvalue weighted by Crippen LogP contribution is -2.33. The van der Waals surface area contributed by atoms with Gasteiger partial charge in [-0.3, -0.25) is 0 Å². The summed E-state index contributed by atoms with van der Waals surface area (Å²) in [5, 5.41) is 0.810. The molecule has 3 nitrogen and oxygen atoms in total. The van der Waals surface area contributed by atoms with Crippen LogP contribution in [0, 0.1) is 0 Å². The highest BCUT2D eigenvalue weighted by molar-refractivity contribution is 6.36. The third-order valence-corrected chi connectivity index (χ3v) is 3.42. The van der Waals surface area contributed by atoms with Crippen LogP contribution in [0.1, 0.15) is 31.1 Å². The highest BCUT2D eigenvalue weighted by Gasteiger charge is 2.16. The number of likely N-dealkylation sites (N-methyl/N-ethyl adjacent to an activating group) is 1. The van der Waals surface area contributed by atoms with Crippen LogP contribution in [-0.4, -0.2) is 36.6 Å². The molecule has 1 aromatic rings. The maximum Gasteiger partial charge on any atom is 0.339 e. The van der Waals surface area contributed by atoms with E-state index in [0.717, 1.165) is 13.1 Å². The Balaban J connectivity index is 2.63. The molecule has 0 radical (unpaired) electrons. The minimum atomic E-state index is -0.415. The lowest BCUT2D eigenvalue weighted by atomic mass is 10.2. The zero-order chi connectivity index (χ0) is 14.4. The molecular formula is C14H19Cl2NO2. The van der Waals surface area contributed by atoms with Gasteiger partial charge in [0.1, 0.15) is 6.10 Å². The molecule has 0 N–H and O–H groups in total. The normalized spacial score (nSPS) is 12.5. The number of hydrogen-bond donors (Lipinski definition) is 0.